The molecule has 2 heteroatoms. The van der Waals surface area contributed by atoms with Crippen LogP contribution in [0, 0.1) is 6.07 Å². The van der Waals surface area contributed by atoms with Gasteiger partial charge in [0.2, 0.25) is 0 Å². The first kappa shape index (κ1) is 10.7. The van der Waals surface area contributed by atoms with Crippen molar-refractivity contribution < 1.29 is 0 Å². The van der Waals surface area contributed by atoms with Crippen molar-refractivity contribution in [2.24, 2.45) is 0 Å². The third-order valence-electron chi connectivity index (χ3n) is 3.07. The van der Waals surface area contributed by atoms with Gasteiger partial charge in [0, 0.05) is 32.7 Å². The normalized spacial score (nSPS) is 19.3. The van der Waals surface area contributed by atoms with Gasteiger partial charge in [-0.25, -0.2) is 0 Å². The number of piperazine rings is 1. The molecule has 1 saturated heterocycles. The highest BCUT2D eigenvalue weighted by Crippen LogP contribution is 2.03. The van der Waals surface area contributed by atoms with Gasteiger partial charge in [-0.2, -0.15) is 0 Å². The Labute approximate surface area is 92.5 Å². The van der Waals surface area contributed by atoms with Crippen molar-refractivity contribution in [1.29, 1.82) is 0 Å². The van der Waals surface area contributed by atoms with E-state index >= 15 is 0 Å². The number of nitrogens with zero attached hydrogens (tertiary/aromatic N) is 2. The van der Waals surface area contributed by atoms with E-state index in [4.69, 9.17) is 0 Å². The van der Waals surface area contributed by atoms with Gasteiger partial charge in [0.15, 0.2) is 0 Å². The minimum absolute atomic E-state index is 1.13. The summed E-state index contributed by atoms with van der Waals surface area (Å²) in [6, 6.07) is 11.6. The largest absolute Gasteiger partial charge is 0.304 e. The topological polar surface area (TPSA) is 6.48 Å². The summed E-state index contributed by atoms with van der Waals surface area (Å²) in [4.78, 5) is 4.94. The molecule has 0 aromatic heterocycles. The van der Waals surface area contributed by atoms with Gasteiger partial charge in [0.25, 0.3) is 0 Å². The van der Waals surface area contributed by atoms with Crippen molar-refractivity contribution in [2.75, 3.05) is 39.8 Å². The summed E-state index contributed by atoms with van der Waals surface area (Å²) in [5.74, 6) is 0. The van der Waals surface area contributed by atoms with Gasteiger partial charge < -0.3 is 9.80 Å². The molecule has 0 bridgehead atoms. The molecule has 1 fully saturated rings. The van der Waals surface area contributed by atoms with Gasteiger partial charge in [-0.1, -0.05) is 24.3 Å². The molecule has 15 heavy (non-hydrogen) atoms. The zero-order valence-corrected chi connectivity index (χ0v) is 9.45. The second kappa shape index (κ2) is 5.29. The molecule has 0 unspecified atom stereocenters. The maximum absolute atomic E-state index is 3.28. The molecule has 0 saturated carbocycles. The average Bonchev–Trinajstić information content (AvgIpc) is 2.30. The van der Waals surface area contributed by atoms with Gasteiger partial charge in [0.05, 0.1) is 0 Å². The zero-order chi connectivity index (χ0) is 10.5. The molecule has 81 valence electrons. The van der Waals surface area contributed by atoms with E-state index in [1.54, 1.807) is 0 Å². The lowest BCUT2D eigenvalue weighted by molar-refractivity contribution is 0.155. The van der Waals surface area contributed by atoms with Crippen LogP contribution in [0.3, 0.4) is 0 Å². The third-order valence-corrected chi connectivity index (χ3v) is 3.07. The molecule has 2 rings (SSSR count). The number of rotatable bonds is 3. The second-order valence-electron chi connectivity index (χ2n) is 4.28. The maximum atomic E-state index is 3.28. The van der Waals surface area contributed by atoms with Crippen LogP contribution in [0.25, 0.3) is 0 Å². The molecule has 2 nitrogen and oxygen atoms in total. The summed E-state index contributed by atoms with van der Waals surface area (Å²) in [7, 11) is 2.20. The molecular formula is C13H19N2. The molecule has 1 aromatic carbocycles. The Bertz CT molecular complexity index is 276. The van der Waals surface area contributed by atoms with Crippen LogP contribution in [0.15, 0.2) is 24.3 Å². The Kier molecular flexibility index (Phi) is 3.75. The van der Waals surface area contributed by atoms with Crippen LogP contribution in [-0.2, 0) is 6.42 Å². The number of hydrogen-bond donors (Lipinski definition) is 0. The van der Waals surface area contributed by atoms with Crippen molar-refractivity contribution in [3.8, 4) is 0 Å². The highest BCUT2D eigenvalue weighted by molar-refractivity contribution is 5.13. The molecule has 1 heterocycles. The average molecular weight is 203 g/mol. The molecule has 0 amide bonds. The molecule has 1 aliphatic rings. The minimum Gasteiger partial charge on any atom is -0.304 e. The van der Waals surface area contributed by atoms with Gasteiger partial charge in [-0.15, -0.1) is 0 Å². The van der Waals surface area contributed by atoms with Crippen molar-refractivity contribution in [1.82, 2.24) is 9.80 Å². The van der Waals surface area contributed by atoms with E-state index in [1.807, 2.05) is 12.1 Å². The highest BCUT2D eigenvalue weighted by Gasteiger charge is 2.12. The smallest absolute Gasteiger partial charge is 0.0110 e. The number of hydrogen-bond acceptors (Lipinski definition) is 2. The van der Waals surface area contributed by atoms with E-state index in [-0.39, 0.29) is 0 Å². The van der Waals surface area contributed by atoms with E-state index < -0.39 is 0 Å². The third kappa shape index (κ3) is 3.33. The molecule has 1 aromatic rings. The molecule has 0 atom stereocenters. The predicted octanol–water partition coefficient (Wildman–Crippen LogP) is 1.28. The van der Waals surface area contributed by atoms with Crippen LogP contribution in [-0.4, -0.2) is 49.6 Å². The predicted molar refractivity (Wildman–Crippen MR) is 62.9 cm³/mol. The van der Waals surface area contributed by atoms with E-state index in [9.17, 15) is 0 Å². The second-order valence-corrected chi connectivity index (χ2v) is 4.28. The Morgan fingerprint density at radius 3 is 2.67 bits per heavy atom. The van der Waals surface area contributed by atoms with E-state index in [2.05, 4.69) is 35.0 Å². The number of benzene rings is 1. The summed E-state index contributed by atoms with van der Waals surface area (Å²) in [6.45, 7) is 6.01. The molecule has 0 spiro atoms. The van der Waals surface area contributed by atoms with Crippen molar-refractivity contribution >= 4 is 0 Å². The van der Waals surface area contributed by atoms with Crippen LogP contribution in [0.4, 0.5) is 0 Å². The first-order valence-corrected chi connectivity index (χ1v) is 5.71. The Hall–Kier alpha value is -0.860. The number of likely N-dealkylation sites (N-methyl/N-ethyl adjacent to an activating group) is 1. The van der Waals surface area contributed by atoms with Gasteiger partial charge in [-0.3, -0.25) is 0 Å². The Morgan fingerprint density at radius 1 is 1.20 bits per heavy atom. The Balaban J connectivity index is 1.74. The van der Waals surface area contributed by atoms with Crippen molar-refractivity contribution in [3.63, 3.8) is 0 Å². The molecule has 1 radical (unpaired) electrons. The zero-order valence-electron chi connectivity index (χ0n) is 9.45. The maximum Gasteiger partial charge on any atom is 0.0110 e. The molecule has 0 N–H and O–H groups in total. The Morgan fingerprint density at radius 2 is 2.00 bits per heavy atom. The summed E-state index contributed by atoms with van der Waals surface area (Å²) in [5, 5.41) is 0. The van der Waals surface area contributed by atoms with Gasteiger partial charge in [-0.05, 0) is 25.1 Å². The fourth-order valence-electron chi connectivity index (χ4n) is 1.94. The van der Waals surface area contributed by atoms with E-state index in [1.165, 1.54) is 38.3 Å². The first-order valence-electron chi connectivity index (χ1n) is 5.71. The van der Waals surface area contributed by atoms with Gasteiger partial charge >= 0.3 is 0 Å². The molecule has 0 aliphatic carbocycles. The van der Waals surface area contributed by atoms with Gasteiger partial charge in [0.1, 0.15) is 0 Å². The molecule has 1 aliphatic heterocycles. The lowest BCUT2D eigenvalue weighted by Gasteiger charge is -2.32. The van der Waals surface area contributed by atoms with Crippen LogP contribution < -0.4 is 0 Å². The fourth-order valence-corrected chi connectivity index (χ4v) is 1.94. The van der Waals surface area contributed by atoms with Crippen molar-refractivity contribution in [3.05, 3.63) is 35.9 Å². The monoisotopic (exact) mass is 203 g/mol. The first-order chi connectivity index (χ1) is 7.34. The van der Waals surface area contributed by atoms with E-state index in [0.29, 0.717) is 0 Å². The lowest BCUT2D eigenvalue weighted by Crippen LogP contribution is -2.45. The summed E-state index contributed by atoms with van der Waals surface area (Å²) in [6.07, 6.45) is 1.13. The van der Waals surface area contributed by atoms with Crippen LogP contribution in [0.2, 0.25) is 0 Å². The molecular weight excluding hydrogens is 184 g/mol. The highest BCUT2D eigenvalue weighted by atomic mass is 15.2. The quantitative estimate of drug-likeness (QED) is 0.730. The summed E-state index contributed by atoms with van der Waals surface area (Å²) < 4.78 is 0. The summed E-state index contributed by atoms with van der Waals surface area (Å²) >= 11 is 0. The van der Waals surface area contributed by atoms with E-state index in [0.717, 1.165) is 6.42 Å². The lowest BCUT2D eigenvalue weighted by atomic mass is 10.1. The van der Waals surface area contributed by atoms with Crippen molar-refractivity contribution in [2.45, 2.75) is 6.42 Å². The van der Waals surface area contributed by atoms with Crippen LogP contribution in [0.5, 0.6) is 0 Å². The van der Waals surface area contributed by atoms with Crippen LogP contribution >= 0.6 is 0 Å². The minimum atomic E-state index is 1.13. The fraction of sp³-hybridized carbons (Fsp3) is 0.538. The summed E-state index contributed by atoms with van der Waals surface area (Å²) in [5.41, 5.74) is 1.33. The SMILES string of the molecule is CN1CCN(CCc2[c]cccc2)CC1. The standard InChI is InChI=1S/C13H19N2/c1-14-9-11-15(12-10-14)8-7-13-5-3-2-4-6-13/h2-5H,7-12H2,1H3. The van der Waals surface area contributed by atoms with Crippen LogP contribution in [0.1, 0.15) is 5.56 Å².